The minimum atomic E-state index is -3.75. The van der Waals surface area contributed by atoms with E-state index in [0.29, 0.717) is 49.9 Å². The average Bonchev–Trinajstić information content (AvgIpc) is 3.30. The van der Waals surface area contributed by atoms with Gasteiger partial charge in [-0.05, 0) is 48.4 Å². The number of morpholine rings is 2. The van der Waals surface area contributed by atoms with Gasteiger partial charge in [-0.2, -0.15) is 4.31 Å². The van der Waals surface area contributed by atoms with E-state index >= 15 is 0 Å². The van der Waals surface area contributed by atoms with Crippen molar-refractivity contribution in [2.24, 2.45) is 0 Å². The molecule has 0 saturated carbocycles. The molecule has 0 spiro atoms. The van der Waals surface area contributed by atoms with Crippen molar-refractivity contribution in [1.29, 1.82) is 0 Å². The van der Waals surface area contributed by atoms with Crippen molar-refractivity contribution in [3.05, 3.63) is 59.2 Å². The first-order chi connectivity index (χ1) is 20.8. The molecule has 1 N–H and O–H groups in total. The molecule has 1 atom stereocenters. The molecule has 3 fully saturated rings. The second-order valence-corrected chi connectivity index (χ2v) is 12.4. The highest BCUT2D eigenvalue weighted by molar-refractivity contribution is 7.89. The number of amides is 1. The van der Waals surface area contributed by atoms with Crippen LogP contribution < -0.4 is 9.47 Å². The molecule has 5 rings (SSSR count). The maximum atomic E-state index is 13.5. The van der Waals surface area contributed by atoms with E-state index in [1.165, 1.54) is 47.7 Å². The second kappa shape index (κ2) is 13.4. The third kappa shape index (κ3) is 6.41. The molecule has 12 nitrogen and oxygen atoms in total. The Bertz CT molecular complexity index is 1460. The maximum Gasteiger partial charge on any atom is 0.295 e. The normalized spacial score (nSPS) is 21.7. The Morgan fingerprint density at radius 2 is 1.51 bits per heavy atom. The van der Waals surface area contributed by atoms with Gasteiger partial charge in [0.15, 0.2) is 11.5 Å². The summed E-state index contributed by atoms with van der Waals surface area (Å²) in [4.78, 5) is 30.7. The van der Waals surface area contributed by atoms with Crippen LogP contribution in [0.1, 0.15) is 23.6 Å². The highest BCUT2D eigenvalue weighted by Crippen LogP contribution is 2.42. The van der Waals surface area contributed by atoms with Crippen LogP contribution >= 0.6 is 0 Å². The summed E-state index contributed by atoms with van der Waals surface area (Å²) < 4.78 is 49.1. The fraction of sp³-hybridized carbons (Fsp3) is 0.467. The third-order valence-electron chi connectivity index (χ3n) is 7.98. The standard InChI is InChI=1S/C30H37N3O9S/c1-39-24-9-6-22(20-25(24)40-2)27-26(29(35)30(36)33(27)11-3-10-31-12-16-41-17-13-31)28(34)21-4-7-23(8-5-21)43(37,38)32-14-18-42-19-15-32/h4-9,20,27,34H,3,10-19H2,1-2H3/b28-26+. The van der Waals surface area contributed by atoms with Crippen molar-refractivity contribution in [2.45, 2.75) is 17.4 Å². The number of nitrogens with zero attached hydrogens (tertiary/aromatic N) is 3. The van der Waals surface area contributed by atoms with Crippen molar-refractivity contribution >= 4 is 27.5 Å². The number of carbonyl (C=O) groups excluding carboxylic acids is 2. The van der Waals surface area contributed by atoms with E-state index in [0.717, 1.165) is 19.6 Å². The topological polar surface area (TPSA) is 135 Å². The van der Waals surface area contributed by atoms with Crippen LogP contribution in [0.5, 0.6) is 11.5 Å². The minimum Gasteiger partial charge on any atom is -0.507 e. The third-order valence-corrected chi connectivity index (χ3v) is 9.89. The van der Waals surface area contributed by atoms with E-state index in [2.05, 4.69) is 4.90 Å². The molecule has 13 heteroatoms. The molecular formula is C30H37N3O9S. The molecule has 3 saturated heterocycles. The van der Waals surface area contributed by atoms with Gasteiger partial charge < -0.3 is 29.0 Å². The maximum absolute atomic E-state index is 13.5. The van der Waals surface area contributed by atoms with E-state index < -0.39 is 27.8 Å². The summed E-state index contributed by atoms with van der Waals surface area (Å²) in [5, 5.41) is 11.5. The molecule has 3 heterocycles. The van der Waals surface area contributed by atoms with Crippen LogP contribution in [0.15, 0.2) is 52.9 Å². The van der Waals surface area contributed by atoms with Gasteiger partial charge in [0.2, 0.25) is 10.0 Å². The molecule has 3 aliphatic rings. The number of aliphatic hydroxyl groups excluding tert-OH is 1. The van der Waals surface area contributed by atoms with Crippen molar-refractivity contribution in [3.63, 3.8) is 0 Å². The molecule has 2 aromatic carbocycles. The Kier molecular flexibility index (Phi) is 9.67. The Hall–Kier alpha value is -3.49. The Balaban J connectivity index is 1.49. The molecule has 0 bridgehead atoms. The fourth-order valence-corrected chi connectivity index (χ4v) is 7.05. The number of ketones is 1. The van der Waals surface area contributed by atoms with E-state index in [1.807, 2.05) is 0 Å². The Morgan fingerprint density at radius 3 is 2.14 bits per heavy atom. The van der Waals surface area contributed by atoms with Crippen molar-refractivity contribution in [2.75, 3.05) is 79.9 Å². The molecule has 1 amide bonds. The molecule has 0 aliphatic carbocycles. The van der Waals surface area contributed by atoms with Crippen LogP contribution in [0.25, 0.3) is 5.76 Å². The number of likely N-dealkylation sites (tertiary alicyclic amines) is 1. The van der Waals surface area contributed by atoms with Crippen molar-refractivity contribution < 1.29 is 42.1 Å². The van der Waals surface area contributed by atoms with Crippen LogP contribution in [0.2, 0.25) is 0 Å². The highest BCUT2D eigenvalue weighted by atomic mass is 32.2. The predicted molar refractivity (Wildman–Crippen MR) is 156 cm³/mol. The first-order valence-corrected chi connectivity index (χ1v) is 15.7. The largest absolute Gasteiger partial charge is 0.507 e. The van der Waals surface area contributed by atoms with Gasteiger partial charge >= 0.3 is 0 Å². The lowest BCUT2D eigenvalue weighted by atomic mass is 9.95. The van der Waals surface area contributed by atoms with Crippen LogP contribution in [0, 0.1) is 0 Å². The quantitative estimate of drug-likeness (QED) is 0.240. The summed E-state index contributed by atoms with van der Waals surface area (Å²) >= 11 is 0. The van der Waals surface area contributed by atoms with Crippen LogP contribution in [0.3, 0.4) is 0 Å². The first-order valence-electron chi connectivity index (χ1n) is 14.2. The summed E-state index contributed by atoms with van der Waals surface area (Å²) in [6, 6.07) is 9.90. The highest BCUT2D eigenvalue weighted by Gasteiger charge is 2.46. The summed E-state index contributed by atoms with van der Waals surface area (Å²) in [5.74, 6) is -1.02. The number of rotatable bonds is 10. The van der Waals surface area contributed by atoms with Crippen molar-refractivity contribution in [3.8, 4) is 11.5 Å². The summed E-state index contributed by atoms with van der Waals surface area (Å²) in [5.41, 5.74) is 0.710. The van der Waals surface area contributed by atoms with E-state index in [1.54, 1.807) is 18.2 Å². The van der Waals surface area contributed by atoms with Gasteiger partial charge in [0.1, 0.15) is 5.76 Å². The SMILES string of the molecule is COc1ccc(C2/C(=C(\O)c3ccc(S(=O)(=O)N4CCOCC4)cc3)C(=O)C(=O)N2CCCN2CCOCC2)cc1OC. The van der Waals surface area contributed by atoms with Gasteiger partial charge in [-0.25, -0.2) is 8.42 Å². The lowest BCUT2D eigenvalue weighted by Gasteiger charge is -2.29. The number of benzene rings is 2. The van der Waals surface area contributed by atoms with Gasteiger partial charge in [0.05, 0.1) is 57.2 Å². The number of carbonyl (C=O) groups is 2. The zero-order valence-electron chi connectivity index (χ0n) is 24.4. The number of sulfonamides is 1. The van der Waals surface area contributed by atoms with E-state index in [-0.39, 0.29) is 41.4 Å². The Morgan fingerprint density at radius 1 is 0.884 bits per heavy atom. The first kappa shape index (κ1) is 31.0. The fourth-order valence-electron chi connectivity index (χ4n) is 5.65. The van der Waals surface area contributed by atoms with E-state index in [4.69, 9.17) is 18.9 Å². The number of hydrogen-bond donors (Lipinski definition) is 1. The van der Waals surface area contributed by atoms with Crippen LogP contribution in [-0.2, 0) is 29.1 Å². The molecule has 0 aromatic heterocycles. The molecule has 2 aromatic rings. The van der Waals surface area contributed by atoms with E-state index in [9.17, 15) is 23.1 Å². The average molecular weight is 616 g/mol. The predicted octanol–water partition coefficient (Wildman–Crippen LogP) is 1.87. The molecule has 43 heavy (non-hydrogen) atoms. The van der Waals surface area contributed by atoms with Gasteiger partial charge in [-0.1, -0.05) is 6.07 Å². The number of aliphatic hydroxyl groups is 1. The number of methoxy groups -OCH3 is 2. The smallest absolute Gasteiger partial charge is 0.295 e. The van der Waals surface area contributed by atoms with Crippen molar-refractivity contribution in [1.82, 2.24) is 14.1 Å². The molecule has 3 aliphatic heterocycles. The van der Waals surface area contributed by atoms with Gasteiger partial charge in [0, 0.05) is 44.8 Å². The zero-order valence-corrected chi connectivity index (χ0v) is 25.2. The summed E-state index contributed by atoms with van der Waals surface area (Å²) in [6.45, 7) is 5.07. The monoisotopic (exact) mass is 615 g/mol. The second-order valence-electron chi connectivity index (χ2n) is 10.5. The number of ether oxygens (including phenoxy) is 4. The molecule has 0 radical (unpaired) electrons. The summed E-state index contributed by atoms with van der Waals surface area (Å²) in [6.07, 6.45) is 0.616. The summed E-state index contributed by atoms with van der Waals surface area (Å²) in [7, 11) is -0.745. The number of Topliss-reactive ketones (excluding diaryl/α,β-unsaturated/α-hetero) is 1. The van der Waals surface area contributed by atoms with Crippen LogP contribution in [-0.4, -0.2) is 119 Å². The molecular weight excluding hydrogens is 578 g/mol. The minimum absolute atomic E-state index is 0.0611. The molecule has 232 valence electrons. The van der Waals surface area contributed by atoms with Gasteiger partial charge in [0.25, 0.3) is 11.7 Å². The zero-order chi connectivity index (χ0) is 30.6. The lowest BCUT2D eigenvalue weighted by molar-refractivity contribution is -0.140. The van der Waals surface area contributed by atoms with Gasteiger partial charge in [-0.3, -0.25) is 14.5 Å². The van der Waals surface area contributed by atoms with Gasteiger partial charge in [-0.15, -0.1) is 0 Å². The van der Waals surface area contributed by atoms with Crippen LogP contribution in [0.4, 0.5) is 0 Å². The lowest BCUT2D eigenvalue weighted by Crippen LogP contribution is -2.40. The Labute approximate surface area is 251 Å². The molecule has 1 unspecified atom stereocenters. The number of hydrogen-bond acceptors (Lipinski definition) is 10.